The first-order valence-corrected chi connectivity index (χ1v) is 7.41. The van der Waals surface area contributed by atoms with Gasteiger partial charge >= 0.3 is 0 Å². The van der Waals surface area contributed by atoms with E-state index in [1.54, 1.807) is 0 Å². The fraction of sp³-hybridized carbons (Fsp3) is 0.900. The zero-order valence-electron chi connectivity index (χ0n) is 10.1. The van der Waals surface area contributed by atoms with Crippen molar-refractivity contribution in [3.05, 3.63) is 0 Å². The molecule has 1 aliphatic heterocycles. The first-order chi connectivity index (χ1) is 7.30. The quantitative estimate of drug-likeness (QED) is 0.775. The number of sulfonamides is 1. The summed E-state index contributed by atoms with van der Waals surface area (Å²) in [6.07, 6.45) is 2.71. The number of carbonyl (C=O) groups excluding carboxylic acids is 1. The Hall–Kier alpha value is -0.620. The second-order valence-corrected chi connectivity index (χ2v) is 6.61. The van der Waals surface area contributed by atoms with Gasteiger partial charge in [-0.3, -0.25) is 4.79 Å². The Labute approximate surface area is 97.2 Å². The largest absolute Gasteiger partial charge is 0.354 e. The van der Waals surface area contributed by atoms with E-state index in [0.29, 0.717) is 13.1 Å². The highest BCUT2D eigenvalue weighted by molar-refractivity contribution is 7.88. The third-order valence-electron chi connectivity index (χ3n) is 2.65. The number of carbonyl (C=O) groups is 1. The molecule has 1 fully saturated rings. The van der Waals surface area contributed by atoms with E-state index >= 15 is 0 Å². The number of piperidine rings is 1. The van der Waals surface area contributed by atoms with Gasteiger partial charge in [0.25, 0.3) is 0 Å². The van der Waals surface area contributed by atoms with Gasteiger partial charge in [0.05, 0.1) is 12.2 Å². The van der Waals surface area contributed by atoms with E-state index in [1.165, 1.54) is 10.6 Å². The molecule has 1 heterocycles. The normalized spacial score (nSPS) is 23.4. The zero-order valence-corrected chi connectivity index (χ0v) is 10.9. The molecule has 1 rings (SSSR count). The van der Waals surface area contributed by atoms with Gasteiger partial charge in [0.1, 0.15) is 0 Å². The fourth-order valence-electron chi connectivity index (χ4n) is 1.86. The van der Waals surface area contributed by atoms with Crippen LogP contribution in [0.2, 0.25) is 0 Å². The molecule has 0 aromatic rings. The van der Waals surface area contributed by atoms with E-state index in [-0.39, 0.29) is 17.9 Å². The smallest absolute Gasteiger partial charge is 0.224 e. The van der Waals surface area contributed by atoms with Gasteiger partial charge in [0.15, 0.2) is 0 Å². The molecule has 1 N–H and O–H groups in total. The van der Waals surface area contributed by atoms with Crippen LogP contribution in [-0.2, 0) is 14.8 Å². The van der Waals surface area contributed by atoms with Crippen LogP contribution < -0.4 is 5.32 Å². The maximum atomic E-state index is 11.7. The summed E-state index contributed by atoms with van der Waals surface area (Å²) in [7, 11) is -3.17. The SMILES string of the molecule is CC(C)NC(=O)[C@H]1CCCN(S(C)(=O)=O)C1. The van der Waals surface area contributed by atoms with E-state index < -0.39 is 10.0 Å². The van der Waals surface area contributed by atoms with E-state index in [4.69, 9.17) is 0 Å². The van der Waals surface area contributed by atoms with Gasteiger partial charge in [-0.05, 0) is 26.7 Å². The molecular weight excluding hydrogens is 228 g/mol. The second-order valence-electron chi connectivity index (χ2n) is 4.62. The molecule has 16 heavy (non-hydrogen) atoms. The minimum Gasteiger partial charge on any atom is -0.354 e. The molecule has 1 aliphatic rings. The minimum atomic E-state index is -3.17. The number of hydrogen-bond donors (Lipinski definition) is 1. The van der Waals surface area contributed by atoms with Crippen LogP contribution in [0.1, 0.15) is 26.7 Å². The number of hydrogen-bond acceptors (Lipinski definition) is 3. The van der Waals surface area contributed by atoms with Crippen LogP contribution in [0.3, 0.4) is 0 Å². The van der Waals surface area contributed by atoms with Gasteiger partial charge in [-0.1, -0.05) is 0 Å². The molecule has 94 valence electrons. The molecule has 0 radical (unpaired) electrons. The standard InChI is InChI=1S/C10H20N2O3S/c1-8(2)11-10(13)9-5-4-6-12(7-9)16(3,14)15/h8-9H,4-7H2,1-3H3,(H,11,13)/t9-/m0/s1. The third kappa shape index (κ3) is 3.75. The summed E-state index contributed by atoms with van der Waals surface area (Å²) in [6, 6.07) is 0.0983. The van der Waals surface area contributed by atoms with E-state index in [0.717, 1.165) is 12.8 Å². The Balaban J connectivity index is 2.60. The lowest BCUT2D eigenvalue weighted by Crippen LogP contribution is -2.46. The molecule has 1 saturated heterocycles. The summed E-state index contributed by atoms with van der Waals surface area (Å²) in [4.78, 5) is 11.7. The summed E-state index contributed by atoms with van der Waals surface area (Å²) in [6.45, 7) is 4.64. The number of amides is 1. The van der Waals surface area contributed by atoms with Crippen LogP contribution in [0.15, 0.2) is 0 Å². The van der Waals surface area contributed by atoms with Crippen LogP contribution in [0, 0.1) is 5.92 Å². The molecule has 6 heteroatoms. The third-order valence-corrected chi connectivity index (χ3v) is 3.92. The van der Waals surface area contributed by atoms with Crippen molar-refractivity contribution in [2.24, 2.45) is 5.92 Å². The lowest BCUT2D eigenvalue weighted by Gasteiger charge is -2.30. The molecule has 0 saturated carbocycles. The van der Waals surface area contributed by atoms with Crippen molar-refractivity contribution in [1.82, 2.24) is 9.62 Å². The van der Waals surface area contributed by atoms with E-state index in [2.05, 4.69) is 5.32 Å². The summed E-state index contributed by atoms with van der Waals surface area (Å²) >= 11 is 0. The average Bonchev–Trinajstić information content (AvgIpc) is 2.15. The van der Waals surface area contributed by atoms with Gasteiger partial charge in [-0.25, -0.2) is 12.7 Å². The van der Waals surface area contributed by atoms with Crippen molar-refractivity contribution in [3.8, 4) is 0 Å². The molecule has 0 spiro atoms. The van der Waals surface area contributed by atoms with Gasteiger partial charge in [0.2, 0.25) is 15.9 Å². The van der Waals surface area contributed by atoms with Crippen LogP contribution in [0.5, 0.6) is 0 Å². The van der Waals surface area contributed by atoms with Crippen LogP contribution in [-0.4, -0.2) is 44.0 Å². The topological polar surface area (TPSA) is 66.5 Å². The lowest BCUT2D eigenvalue weighted by molar-refractivity contribution is -0.126. The van der Waals surface area contributed by atoms with Crippen molar-refractivity contribution >= 4 is 15.9 Å². The van der Waals surface area contributed by atoms with Gasteiger partial charge in [-0.15, -0.1) is 0 Å². The average molecular weight is 248 g/mol. The van der Waals surface area contributed by atoms with Gasteiger partial charge in [0, 0.05) is 19.1 Å². The molecule has 1 atom stereocenters. The Morgan fingerprint density at radius 1 is 1.44 bits per heavy atom. The van der Waals surface area contributed by atoms with Crippen molar-refractivity contribution in [2.45, 2.75) is 32.7 Å². The van der Waals surface area contributed by atoms with Crippen molar-refractivity contribution < 1.29 is 13.2 Å². The number of rotatable bonds is 3. The first-order valence-electron chi connectivity index (χ1n) is 5.56. The first kappa shape index (κ1) is 13.4. The van der Waals surface area contributed by atoms with Crippen LogP contribution in [0.25, 0.3) is 0 Å². The molecular formula is C10H20N2O3S. The predicted octanol–water partition coefficient (Wildman–Crippen LogP) is 0.183. The highest BCUT2D eigenvalue weighted by Gasteiger charge is 2.30. The fourth-order valence-corrected chi connectivity index (χ4v) is 2.77. The molecule has 1 amide bonds. The van der Waals surface area contributed by atoms with Gasteiger partial charge in [-0.2, -0.15) is 0 Å². The second kappa shape index (κ2) is 5.14. The zero-order chi connectivity index (χ0) is 12.3. The summed E-state index contributed by atoms with van der Waals surface area (Å²) in [5.74, 6) is -0.241. The lowest BCUT2D eigenvalue weighted by atomic mass is 9.98. The van der Waals surface area contributed by atoms with Crippen molar-refractivity contribution in [1.29, 1.82) is 0 Å². The van der Waals surface area contributed by atoms with E-state index in [9.17, 15) is 13.2 Å². The molecule has 0 aliphatic carbocycles. The molecule has 0 aromatic carbocycles. The van der Waals surface area contributed by atoms with E-state index in [1.807, 2.05) is 13.8 Å². The Kier molecular flexibility index (Phi) is 4.32. The monoisotopic (exact) mass is 248 g/mol. The minimum absolute atomic E-state index is 0.0386. The van der Waals surface area contributed by atoms with Crippen LogP contribution in [0.4, 0.5) is 0 Å². The molecule has 0 unspecified atom stereocenters. The number of nitrogens with zero attached hydrogens (tertiary/aromatic N) is 1. The summed E-state index contributed by atoms with van der Waals surface area (Å²) in [5.41, 5.74) is 0. The highest BCUT2D eigenvalue weighted by atomic mass is 32.2. The van der Waals surface area contributed by atoms with Crippen LogP contribution >= 0.6 is 0 Å². The molecule has 0 bridgehead atoms. The Morgan fingerprint density at radius 2 is 2.06 bits per heavy atom. The molecule has 5 nitrogen and oxygen atoms in total. The number of nitrogens with one attached hydrogen (secondary N) is 1. The summed E-state index contributed by atoms with van der Waals surface area (Å²) in [5, 5.41) is 2.82. The molecule has 0 aromatic heterocycles. The van der Waals surface area contributed by atoms with Crippen molar-refractivity contribution in [2.75, 3.05) is 19.3 Å². The highest BCUT2D eigenvalue weighted by Crippen LogP contribution is 2.18. The van der Waals surface area contributed by atoms with Gasteiger partial charge < -0.3 is 5.32 Å². The Bertz CT molecular complexity index is 351. The predicted molar refractivity (Wildman–Crippen MR) is 62.4 cm³/mol. The van der Waals surface area contributed by atoms with Crippen molar-refractivity contribution in [3.63, 3.8) is 0 Å². The maximum Gasteiger partial charge on any atom is 0.224 e. The maximum absolute atomic E-state index is 11.7. The summed E-state index contributed by atoms with van der Waals surface area (Å²) < 4.78 is 24.1. The Morgan fingerprint density at radius 3 is 2.56 bits per heavy atom.